The second-order valence-electron chi connectivity index (χ2n) is 8.14. The summed E-state index contributed by atoms with van der Waals surface area (Å²) >= 11 is 3.17. The zero-order chi connectivity index (χ0) is 22.3. The molecule has 1 heterocycles. The molecule has 8 heteroatoms. The number of aryl methyl sites for hydroxylation is 1. The number of rotatable bonds is 2. The summed E-state index contributed by atoms with van der Waals surface area (Å²) in [5, 5.41) is 0. The zero-order valence-corrected chi connectivity index (χ0v) is 18.7. The van der Waals surface area contributed by atoms with E-state index in [0.717, 1.165) is 11.0 Å². The number of benzene rings is 2. The molecule has 1 amide bonds. The van der Waals surface area contributed by atoms with Gasteiger partial charge in [-0.2, -0.15) is 13.2 Å². The Balaban J connectivity index is 2.18. The Kier molecular flexibility index (Phi) is 6.09. The Hall–Kier alpha value is -2.22. The first-order valence-electron chi connectivity index (χ1n) is 9.46. The average molecular weight is 486 g/mol. The third-order valence-corrected chi connectivity index (χ3v) is 5.25. The van der Waals surface area contributed by atoms with Crippen LogP contribution < -0.4 is 9.64 Å². The minimum absolute atomic E-state index is 0.146. The zero-order valence-electron chi connectivity index (χ0n) is 17.1. The molecule has 0 radical (unpaired) electrons. The molecule has 0 aliphatic carbocycles. The van der Waals surface area contributed by atoms with E-state index in [0.29, 0.717) is 34.2 Å². The molecule has 1 unspecified atom stereocenters. The highest BCUT2D eigenvalue weighted by atomic mass is 79.9. The third-order valence-electron chi connectivity index (χ3n) is 4.79. The number of ether oxygens (including phenoxy) is 2. The molecule has 3 rings (SSSR count). The summed E-state index contributed by atoms with van der Waals surface area (Å²) in [7, 11) is 1.53. The van der Waals surface area contributed by atoms with Crippen molar-refractivity contribution in [2.75, 3.05) is 12.0 Å². The van der Waals surface area contributed by atoms with Crippen LogP contribution >= 0.6 is 15.9 Å². The molecule has 0 aromatic heterocycles. The van der Waals surface area contributed by atoms with Crippen molar-refractivity contribution in [2.24, 2.45) is 0 Å². The van der Waals surface area contributed by atoms with Crippen LogP contribution in [0.1, 0.15) is 49.9 Å². The molecule has 2 aromatic carbocycles. The molecule has 1 aliphatic rings. The molecule has 30 heavy (non-hydrogen) atoms. The van der Waals surface area contributed by atoms with Crippen molar-refractivity contribution in [3.8, 4) is 5.75 Å². The first kappa shape index (κ1) is 22.5. The summed E-state index contributed by atoms with van der Waals surface area (Å²) in [5.41, 5.74) is -0.703. The van der Waals surface area contributed by atoms with Gasteiger partial charge in [0.25, 0.3) is 0 Å². The number of fused-ring (bicyclic) bond motifs is 1. The highest BCUT2D eigenvalue weighted by Gasteiger charge is 2.43. The normalized spacial score (nSPS) is 16.8. The molecule has 1 aliphatic heterocycles. The number of amides is 1. The molecule has 4 nitrogen and oxygen atoms in total. The van der Waals surface area contributed by atoms with E-state index in [2.05, 4.69) is 15.9 Å². The van der Waals surface area contributed by atoms with Crippen LogP contribution in [0, 0.1) is 0 Å². The number of anilines is 1. The number of hydrogen-bond acceptors (Lipinski definition) is 3. The van der Waals surface area contributed by atoms with Crippen molar-refractivity contribution in [1.29, 1.82) is 0 Å². The maximum Gasteiger partial charge on any atom is 0.418 e. The predicted molar refractivity (Wildman–Crippen MR) is 112 cm³/mol. The molecule has 1 atom stereocenters. The maximum absolute atomic E-state index is 13.9. The van der Waals surface area contributed by atoms with Crippen molar-refractivity contribution < 1.29 is 27.4 Å². The minimum atomic E-state index is -4.63. The van der Waals surface area contributed by atoms with Crippen LogP contribution in [0.3, 0.4) is 0 Å². The standard InChI is InChI=1S/C22H23BrF3NO3/c1-21(2,3)30-20(28)27-18(13-5-8-16(29-4)9-6-13)10-7-14-11-15(23)12-17(19(14)27)22(24,25)26/h5-6,8-9,11-12,18H,7,10H2,1-4H3. The van der Waals surface area contributed by atoms with Gasteiger partial charge in [0.2, 0.25) is 0 Å². The van der Waals surface area contributed by atoms with Crippen molar-refractivity contribution in [1.82, 2.24) is 0 Å². The fourth-order valence-corrected chi connectivity index (χ4v) is 4.10. The van der Waals surface area contributed by atoms with Gasteiger partial charge < -0.3 is 9.47 Å². The number of halogens is 4. The number of alkyl halides is 3. The van der Waals surface area contributed by atoms with E-state index in [1.807, 2.05) is 0 Å². The molecule has 0 spiro atoms. The Morgan fingerprint density at radius 3 is 2.30 bits per heavy atom. The van der Waals surface area contributed by atoms with Crippen LogP contribution in [0.15, 0.2) is 40.9 Å². The van der Waals surface area contributed by atoms with Gasteiger partial charge in [-0.15, -0.1) is 0 Å². The minimum Gasteiger partial charge on any atom is -0.497 e. The van der Waals surface area contributed by atoms with E-state index < -0.39 is 29.5 Å². The lowest BCUT2D eigenvalue weighted by atomic mass is 9.89. The largest absolute Gasteiger partial charge is 0.497 e. The molecule has 2 aromatic rings. The second-order valence-corrected chi connectivity index (χ2v) is 9.05. The van der Waals surface area contributed by atoms with Crippen molar-refractivity contribution >= 4 is 27.7 Å². The van der Waals surface area contributed by atoms with E-state index in [-0.39, 0.29) is 5.69 Å². The summed E-state index contributed by atoms with van der Waals surface area (Å²) in [6.45, 7) is 5.05. The van der Waals surface area contributed by atoms with Gasteiger partial charge in [0.15, 0.2) is 0 Å². The highest BCUT2D eigenvalue weighted by molar-refractivity contribution is 9.10. The van der Waals surface area contributed by atoms with Gasteiger partial charge in [-0.3, -0.25) is 4.90 Å². The van der Waals surface area contributed by atoms with Gasteiger partial charge in [-0.1, -0.05) is 28.1 Å². The summed E-state index contributed by atoms with van der Waals surface area (Å²) in [4.78, 5) is 14.3. The van der Waals surface area contributed by atoms with Crippen LogP contribution in [0.25, 0.3) is 0 Å². The van der Waals surface area contributed by atoms with Gasteiger partial charge in [0, 0.05) is 4.47 Å². The second kappa shape index (κ2) is 8.13. The van der Waals surface area contributed by atoms with Crippen LogP contribution in [0.5, 0.6) is 5.75 Å². The molecule has 0 bridgehead atoms. The molecule has 0 N–H and O–H groups in total. The Morgan fingerprint density at radius 2 is 1.77 bits per heavy atom. The smallest absolute Gasteiger partial charge is 0.418 e. The molecular weight excluding hydrogens is 463 g/mol. The van der Waals surface area contributed by atoms with E-state index >= 15 is 0 Å². The Bertz CT molecular complexity index is 936. The number of nitrogens with zero attached hydrogens (tertiary/aromatic N) is 1. The quantitative estimate of drug-likeness (QED) is 0.463. The van der Waals surface area contributed by atoms with Crippen LogP contribution in [0.2, 0.25) is 0 Å². The van der Waals surface area contributed by atoms with Gasteiger partial charge in [-0.25, -0.2) is 4.79 Å². The van der Waals surface area contributed by atoms with Gasteiger partial charge in [0.05, 0.1) is 24.4 Å². The molecular formula is C22H23BrF3NO3. The lowest BCUT2D eigenvalue weighted by molar-refractivity contribution is -0.137. The van der Waals surface area contributed by atoms with E-state index in [1.165, 1.54) is 7.11 Å². The highest BCUT2D eigenvalue weighted by Crippen LogP contribution is 2.47. The van der Waals surface area contributed by atoms with E-state index in [4.69, 9.17) is 9.47 Å². The molecule has 0 fully saturated rings. The number of methoxy groups -OCH3 is 1. The van der Waals surface area contributed by atoms with E-state index in [9.17, 15) is 18.0 Å². The number of carbonyl (C=O) groups excluding carboxylic acids is 1. The first-order valence-corrected chi connectivity index (χ1v) is 10.3. The van der Waals surface area contributed by atoms with Crippen molar-refractivity contribution in [3.63, 3.8) is 0 Å². The third kappa shape index (κ3) is 4.74. The monoisotopic (exact) mass is 485 g/mol. The molecule has 0 saturated heterocycles. The average Bonchev–Trinajstić information content (AvgIpc) is 2.64. The van der Waals surface area contributed by atoms with Gasteiger partial charge in [0.1, 0.15) is 11.4 Å². The van der Waals surface area contributed by atoms with Gasteiger partial charge in [-0.05, 0) is 69.0 Å². The summed E-state index contributed by atoms with van der Waals surface area (Å²) < 4.78 is 52.8. The fourth-order valence-electron chi connectivity index (χ4n) is 3.60. The van der Waals surface area contributed by atoms with Crippen LogP contribution in [-0.2, 0) is 17.3 Å². The lowest BCUT2D eigenvalue weighted by Crippen LogP contribution is -2.43. The molecule has 0 saturated carbocycles. The summed E-state index contributed by atoms with van der Waals surface area (Å²) in [5.74, 6) is 0.624. The fraction of sp³-hybridized carbons (Fsp3) is 0.409. The Labute approximate surface area is 182 Å². The van der Waals surface area contributed by atoms with Crippen LogP contribution in [0.4, 0.5) is 23.7 Å². The maximum atomic E-state index is 13.9. The summed E-state index contributed by atoms with van der Waals surface area (Å²) in [6, 6.07) is 9.02. The number of hydrogen-bond donors (Lipinski definition) is 0. The van der Waals surface area contributed by atoms with Gasteiger partial charge >= 0.3 is 12.3 Å². The SMILES string of the molecule is COc1ccc(C2CCc3cc(Br)cc(C(F)(F)F)c3N2C(=O)OC(C)(C)C)cc1. The van der Waals surface area contributed by atoms with E-state index in [1.54, 1.807) is 51.1 Å². The summed E-state index contributed by atoms with van der Waals surface area (Å²) in [6.07, 6.45) is -4.58. The molecule has 162 valence electrons. The van der Waals surface area contributed by atoms with Crippen molar-refractivity contribution in [3.05, 3.63) is 57.6 Å². The number of carbonyl (C=O) groups is 1. The topological polar surface area (TPSA) is 38.8 Å². The Morgan fingerprint density at radius 1 is 1.13 bits per heavy atom. The predicted octanol–water partition coefficient (Wildman–Crippen LogP) is 6.91. The van der Waals surface area contributed by atoms with Crippen molar-refractivity contribution in [2.45, 2.75) is 51.4 Å². The lowest BCUT2D eigenvalue weighted by Gasteiger charge is -2.39. The first-order chi connectivity index (χ1) is 13.9. The van der Waals surface area contributed by atoms with Crippen LogP contribution in [-0.4, -0.2) is 18.8 Å².